The molecule has 1 aliphatic rings. The normalized spacial score (nSPS) is 15.8. The Labute approximate surface area is 151 Å². The van der Waals surface area contributed by atoms with Gasteiger partial charge in [0.25, 0.3) is 5.69 Å². The molecule has 2 aromatic rings. The summed E-state index contributed by atoms with van der Waals surface area (Å²) in [6.07, 6.45) is 6.82. The van der Waals surface area contributed by atoms with Crippen molar-refractivity contribution in [1.82, 2.24) is 9.55 Å². The van der Waals surface area contributed by atoms with Crippen LogP contribution in [0, 0.1) is 16.0 Å². The largest absolute Gasteiger partial charge is 0.391 e. The molecule has 1 fully saturated rings. The lowest BCUT2D eigenvalue weighted by Gasteiger charge is -2.18. The molecule has 0 saturated heterocycles. The molecular weight excluding hydrogens is 336 g/mol. The lowest BCUT2D eigenvalue weighted by Crippen LogP contribution is -2.26. The minimum Gasteiger partial charge on any atom is -0.391 e. The lowest BCUT2D eigenvalue weighted by atomic mass is 10.0. The van der Waals surface area contributed by atoms with Gasteiger partial charge in [-0.25, -0.2) is 4.98 Å². The fourth-order valence-electron chi connectivity index (χ4n) is 3.41. The Bertz CT molecular complexity index is 811. The quantitative estimate of drug-likeness (QED) is 0.447. The molecule has 26 heavy (non-hydrogen) atoms. The van der Waals surface area contributed by atoms with Crippen LogP contribution in [-0.4, -0.2) is 38.0 Å². The molecular formula is C18H22N4O4. The van der Waals surface area contributed by atoms with E-state index in [1.54, 1.807) is 17.8 Å². The van der Waals surface area contributed by atoms with E-state index in [1.807, 2.05) is 0 Å². The summed E-state index contributed by atoms with van der Waals surface area (Å²) >= 11 is 0. The minimum atomic E-state index is -0.536. The predicted molar refractivity (Wildman–Crippen MR) is 96.2 cm³/mol. The number of nitrogens with one attached hydrogen (secondary N) is 1. The zero-order valence-corrected chi connectivity index (χ0v) is 14.6. The number of anilines is 1. The van der Waals surface area contributed by atoms with Gasteiger partial charge in [0.15, 0.2) is 5.82 Å². The predicted octanol–water partition coefficient (Wildman–Crippen LogP) is 2.52. The number of hydrogen-bond donors (Lipinski definition) is 2. The first-order valence-electron chi connectivity index (χ1n) is 8.69. The van der Waals surface area contributed by atoms with Crippen molar-refractivity contribution >= 4 is 17.2 Å². The van der Waals surface area contributed by atoms with Gasteiger partial charge in [-0.3, -0.25) is 14.9 Å². The van der Waals surface area contributed by atoms with Crippen LogP contribution in [0.3, 0.4) is 0 Å². The smallest absolute Gasteiger partial charge is 0.293 e. The third-order valence-electron chi connectivity index (χ3n) is 4.93. The number of nitro groups is 1. The van der Waals surface area contributed by atoms with Gasteiger partial charge in [0.05, 0.1) is 11.0 Å². The van der Waals surface area contributed by atoms with Crippen molar-refractivity contribution in [2.75, 3.05) is 11.9 Å². The topological polar surface area (TPSA) is 110 Å². The zero-order chi connectivity index (χ0) is 18.7. The number of aromatic nitrogens is 2. The fourth-order valence-corrected chi connectivity index (χ4v) is 3.41. The van der Waals surface area contributed by atoms with Gasteiger partial charge in [-0.15, -0.1) is 0 Å². The summed E-state index contributed by atoms with van der Waals surface area (Å²) in [7, 11) is 1.69. The molecule has 0 radical (unpaired) electrons. The van der Waals surface area contributed by atoms with Gasteiger partial charge >= 0.3 is 0 Å². The van der Waals surface area contributed by atoms with Gasteiger partial charge < -0.3 is 15.0 Å². The third-order valence-corrected chi connectivity index (χ3v) is 4.93. The number of rotatable bonds is 7. The maximum atomic E-state index is 12.5. The Morgan fingerprint density at radius 2 is 2.19 bits per heavy atom. The van der Waals surface area contributed by atoms with Crippen molar-refractivity contribution in [3.8, 4) is 0 Å². The van der Waals surface area contributed by atoms with Crippen LogP contribution in [0.5, 0.6) is 0 Å². The number of nitro benzene ring substituents is 1. The summed E-state index contributed by atoms with van der Waals surface area (Å²) in [5.74, 6) is 0.0839. The summed E-state index contributed by atoms with van der Waals surface area (Å²) in [6.45, 7) is 0.248. The molecule has 0 aliphatic heterocycles. The number of aryl methyl sites for hydroxylation is 1. The third kappa shape index (κ3) is 3.75. The number of aliphatic hydroxyl groups excluding tert-OH is 1. The van der Waals surface area contributed by atoms with Gasteiger partial charge in [0.2, 0.25) is 5.78 Å². The second-order valence-corrected chi connectivity index (χ2v) is 6.67. The van der Waals surface area contributed by atoms with Crippen LogP contribution < -0.4 is 5.32 Å². The Kier molecular flexibility index (Phi) is 5.32. The minimum absolute atomic E-state index is 0.191. The van der Waals surface area contributed by atoms with Crippen molar-refractivity contribution in [3.05, 3.63) is 52.1 Å². The van der Waals surface area contributed by atoms with Crippen molar-refractivity contribution < 1.29 is 14.8 Å². The van der Waals surface area contributed by atoms with Gasteiger partial charge in [-0.05, 0) is 30.9 Å². The molecule has 3 rings (SSSR count). The van der Waals surface area contributed by atoms with Gasteiger partial charge in [0, 0.05) is 37.6 Å². The molecule has 8 nitrogen and oxygen atoms in total. The number of benzene rings is 1. The number of carbonyl (C=O) groups excluding carboxylic acids is 1. The average molecular weight is 358 g/mol. The first-order chi connectivity index (χ1) is 12.5. The molecule has 1 aliphatic carbocycles. The number of nitrogens with zero attached hydrogens (tertiary/aromatic N) is 3. The Morgan fingerprint density at radius 1 is 1.46 bits per heavy atom. The van der Waals surface area contributed by atoms with E-state index in [0.717, 1.165) is 25.7 Å². The maximum Gasteiger partial charge on any atom is 0.293 e. The number of ketones is 1. The first-order valence-corrected chi connectivity index (χ1v) is 8.69. The van der Waals surface area contributed by atoms with E-state index < -0.39 is 11.0 Å². The van der Waals surface area contributed by atoms with Crippen LogP contribution >= 0.6 is 0 Å². The zero-order valence-electron chi connectivity index (χ0n) is 14.6. The van der Waals surface area contributed by atoms with Gasteiger partial charge in [-0.1, -0.05) is 12.8 Å². The van der Waals surface area contributed by atoms with Gasteiger partial charge in [-0.2, -0.15) is 0 Å². The molecule has 8 heteroatoms. The highest BCUT2D eigenvalue weighted by Crippen LogP contribution is 2.30. The Balaban J connectivity index is 1.77. The van der Waals surface area contributed by atoms with E-state index in [-0.39, 0.29) is 35.3 Å². The van der Waals surface area contributed by atoms with Crippen LogP contribution in [-0.2, 0) is 7.05 Å². The van der Waals surface area contributed by atoms with E-state index in [1.165, 1.54) is 24.4 Å². The highest BCUT2D eigenvalue weighted by Gasteiger charge is 2.25. The number of hydrogen-bond acceptors (Lipinski definition) is 6. The summed E-state index contributed by atoms with van der Waals surface area (Å²) in [5, 5.41) is 24.6. The molecule has 0 amide bonds. The SMILES string of the molecule is Cn1ccnc1C(=O)c1ccc(NCC(O)C2CCCC2)c([N+](=O)[O-])c1. The van der Waals surface area contributed by atoms with Crippen molar-refractivity contribution in [2.45, 2.75) is 31.8 Å². The van der Waals surface area contributed by atoms with Crippen LogP contribution in [0.15, 0.2) is 30.6 Å². The Hall–Kier alpha value is -2.74. The molecule has 0 spiro atoms. The van der Waals surface area contributed by atoms with E-state index in [9.17, 15) is 20.0 Å². The van der Waals surface area contributed by atoms with Crippen LogP contribution in [0.4, 0.5) is 11.4 Å². The second kappa shape index (κ2) is 7.65. The number of carbonyl (C=O) groups is 1. The fraction of sp³-hybridized carbons (Fsp3) is 0.444. The lowest BCUT2D eigenvalue weighted by molar-refractivity contribution is -0.384. The molecule has 0 bridgehead atoms. The summed E-state index contributed by atoms with van der Waals surface area (Å²) < 4.78 is 1.57. The monoisotopic (exact) mass is 358 g/mol. The molecule has 1 aromatic heterocycles. The molecule has 2 N–H and O–H groups in total. The van der Waals surface area contributed by atoms with Crippen LogP contribution in [0.2, 0.25) is 0 Å². The molecule has 138 valence electrons. The van der Waals surface area contributed by atoms with Crippen LogP contribution in [0.25, 0.3) is 0 Å². The second-order valence-electron chi connectivity index (χ2n) is 6.67. The van der Waals surface area contributed by atoms with E-state index in [2.05, 4.69) is 10.3 Å². The molecule has 1 aromatic carbocycles. The summed E-state index contributed by atoms with van der Waals surface area (Å²) in [4.78, 5) is 27.4. The maximum absolute atomic E-state index is 12.5. The summed E-state index contributed by atoms with van der Waals surface area (Å²) in [6, 6.07) is 4.30. The van der Waals surface area contributed by atoms with Gasteiger partial charge in [0.1, 0.15) is 5.69 Å². The molecule has 1 saturated carbocycles. The summed E-state index contributed by atoms with van der Waals surface area (Å²) in [5.41, 5.74) is 0.306. The van der Waals surface area contributed by atoms with E-state index in [0.29, 0.717) is 5.69 Å². The molecule has 1 heterocycles. The van der Waals surface area contributed by atoms with E-state index in [4.69, 9.17) is 0 Å². The highest BCUT2D eigenvalue weighted by atomic mass is 16.6. The molecule has 1 unspecified atom stereocenters. The standard InChI is InChI=1S/C18H22N4O4/c1-21-9-8-19-18(21)17(24)13-6-7-14(15(10-13)22(25)26)20-11-16(23)12-4-2-3-5-12/h6-10,12,16,20,23H,2-5,11H2,1H3. The van der Waals surface area contributed by atoms with Crippen molar-refractivity contribution in [1.29, 1.82) is 0 Å². The van der Waals surface area contributed by atoms with Crippen LogP contribution in [0.1, 0.15) is 41.9 Å². The highest BCUT2D eigenvalue weighted by molar-refractivity contribution is 6.07. The Morgan fingerprint density at radius 3 is 2.81 bits per heavy atom. The van der Waals surface area contributed by atoms with E-state index >= 15 is 0 Å². The number of aliphatic hydroxyl groups is 1. The average Bonchev–Trinajstić information content (AvgIpc) is 3.30. The first kappa shape index (κ1) is 18.1. The number of imidazole rings is 1. The van der Waals surface area contributed by atoms with Crippen molar-refractivity contribution in [2.24, 2.45) is 13.0 Å². The van der Waals surface area contributed by atoms with Crippen molar-refractivity contribution in [3.63, 3.8) is 0 Å². The molecule has 1 atom stereocenters.